The molecule has 1 heterocycles. The second-order valence-corrected chi connectivity index (χ2v) is 4.55. The zero-order valence-electron chi connectivity index (χ0n) is 9.22. The number of nitrogen functional groups attached to an aromatic ring is 1. The Balaban J connectivity index is 0.00000106. The first-order valence-electron chi connectivity index (χ1n) is 4.70. The number of hydrogen-bond acceptors (Lipinski definition) is 5. The fourth-order valence-corrected chi connectivity index (χ4v) is 1.62. The second kappa shape index (κ2) is 9.87. The number of pyridine rings is 1. The molecule has 0 spiro atoms. The van der Waals surface area contributed by atoms with Crippen LogP contribution < -0.4 is 11.1 Å². The van der Waals surface area contributed by atoms with Crippen LogP contribution in [0.25, 0.3) is 0 Å². The Hall–Kier alpha value is -0.320. The Kier molecular flexibility index (Phi) is 9.68. The Bertz CT molecular complexity index is 325. The zero-order valence-corrected chi connectivity index (χ0v) is 12.1. The van der Waals surface area contributed by atoms with Crippen LogP contribution in [-0.4, -0.2) is 27.7 Å². The molecule has 0 aliphatic heterocycles. The lowest BCUT2D eigenvalue weighted by Crippen LogP contribution is -2.08. The molecule has 0 amide bonds. The van der Waals surface area contributed by atoms with Gasteiger partial charge in [-0.05, 0) is 18.6 Å². The monoisotopic (exact) mass is 279 g/mol. The summed E-state index contributed by atoms with van der Waals surface area (Å²) >= 11 is 3.44. The molecule has 0 aliphatic carbocycles. The summed E-state index contributed by atoms with van der Waals surface area (Å²) in [6.45, 7) is 0.773. The number of thiol groups is 1. The largest absolute Gasteiger partial charge is 0.382 e. The van der Waals surface area contributed by atoms with Gasteiger partial charge in [0.15, 0.2) is 0 Å². The lowest BCUT2D eigenvalue weighted by atomic mass is 10.3. The molecule has 0 aromatic carbocycles. The molecule has 16 heavy (non-hydrogen) atoms. The van der Waals surface area contributed by atoms with Crippen molar-refractivity contribution in [3.63, 3.8) is 0 Å². The SMILES string of the molecule is CS(=O)CCCNc1cccnc1N.PS. The number of anilines is 2. The predicted octanol–water partition coefficient (Wildman–Crippen LogP) is 1.55. The maximum Gasteiger partial charge on any atom is 0.146 e. The fourth-order valence-electron chi connectivity index (χ4n) is 1.07. The number of nitrogens with one attached hydrogen (secondary N) is 1. The second-order valence-electron chi connectivity index (χ2n) is 2.99. The summed E-state index contributed by atoms with van der Waals surface area (Å²) in [5, 5.41) is 3.15. The number of rotatable bonds is 5. The van der Waals surface area contributed by atoms with E-state index in [1.165, 1.54) is 0 Å². The lowest BCUT2D eigenvalue weighted by molar-refractivity contribution is 0.685. The third-order valence-corrected chi connectivity index (χ3v) is 2.63. The minimum absolute atomic E-state index is 0.505. The van der Waals surface area contributed by atoms with E-state index in [2.05, 4.69) is 31.0 Å². The molecule has 92 valence electrons. The molecule has 0 fully saturated rings. The molecule has 0 aliphatic rings. The molecular formula is C9H18N3OPS2. The molecule has 0 bridgehead atoms. The average Bonchev–Trinajstić information content (AvgIpc) is 2.29. The number of nitrogens with zero attached hydrogens (tertiary/aromatic N) is 1. The van der Waals surface area contributed by atoms with Crippen LogP contribution in [0.15, 0.2) is 18.3 Å². The van der Waals surface area contributed by atoms with Crippen molar-refractivity contribution in [1.82, 2.24) is 4.98 Å². The summed E-state index contributed by atoms with van der Waals surface area (Å²) in [6, 6.07) is 3.71. The van der Waals surface area contributed by atoms with Crippen LogP contribution in [0.1, 0.15) is 6.42 Å². The average molecular weight is 279 g/mol. The Morgan fingerprint density at radius 1 is 1.62 bits per heavy atom. The Morgan fingerprint density at radius 2 is 2.31 bits per heavy atom. The highest BCUT2D eigenvalue weighted by Gasteiger charge is 1.97. The van der Waals surface area contributed by atoms with Gasteiger partial charge in [0.25, 0.3) is 0 Å². The van der Waals surface area contributed by atoms with Gasteiger partial charge in [-0.2, -0.15) is 12.2 Å². The van der Waals surface area contributed by atoms with Crippen LogP contribution in [0.2, 0.25) is 0 Å². The van der Waals surface area contributed by atoms with Gasteiger partial charge in [0.2, 0.25) is 0 Å². The van der Waals surface area contributed by atoms with Gasteiger partial charge in [-0.3, -0.25) is 4.21 Å². The third-order valence-electron chi connectivity index (χ3n) is 1.76. The molecule has 0 saturated carbocycles. The van der Waals surface area contributed by atoms with Crippen LogP contribution in [-0.2, 0) is 10.8 Å². The number of nitrogens with two attached hydrogens (primary N) is 1. The zero-order chi connectivity index (χ0) is 12.4. The van der Waals surface area contributed by atoms with Crippen LogP contribution in [0.3, 0.4) is 0 Å². The molecule has 2 unspecified atom stereocenters. The van der Waals surface area contributed by atoms with Crippen molar-refractivity contribution in [2.45, 2.75) is 6.42 Å². The van der Waals surface area contributed by atoms with E-state index in [4.69, 9.17) is 5.73 Å². The highest BCUT2D eigenvalue weighted by molar-refractivity contribution is 8.31. The first kappa shape index (κ1) is 15.7. The standard InChI is InChI=1S/C9H15N3OS.H3PS/c1-14(13)7-3-6-11-8-4-2-5-12-9(8)10;1-2/h2,4-5,11H,3,6-7H2,1H3,(H2,10,12);2H,1H2. The lowest BCUT2D eigenvalue weighted by Gasteiger charge is -2.06. The van der Waals surface area contributed by atoms with Gasteiger partial charge >= 0.3 is 0 Å². The van der Waals surface area contributed by atoms with E-state index in [0.717, 1.165) is 18.7 Å². The topological polar surface area (TPSA) is 68.0 Å². The fraction of sp³-hybridized carbons (Fsp3) is 0.444. The normalized spacial score (nSPS) is 11.2. The van der Waals surface area contributed by atoms with Crippen LogP contribution in [0.4, 0.5) is 11.5 Å². The van der Waals surface area contributed by atoms with Crippen molar-refractivity contribution in [3.05, 3.63) is 18.3 Å². The Labute approximate surface area is 107 Å². The van der Waals surface area contributed by atoms with Crippen molar-refractivity contribution in [3.8, 4) is 0 Å². The minimum atomic E-state index is -0.716. The van der Waals surface area contributed by atoms with E-state index < -0.39 is 10.8 Å². The molecule has 0 radical (unpaired) electrons. The highest BCUT2D eigenvalue weighted by Crippen LogP contribution is 2.12. The highest BCUT2D eigenvalue weighted by atomic mass is 32.7. The van der Waals surface area contributed by atoms with E-state index in [0.29, 0.717) is 11.6 Å². The summed E-state index contributed by atoms with van der Waals surface area (Å²) in [5.41, 5.74) is 6.47. The maximum atomic E-state index is 10.8. The van der Waals surface area contributed by atoms with Crippen molar-refractivity contribution in [1.29, 1.82) is 0 Å². The van der Waals surface area contributed by atoms with E-state index in [1.807, 2.05) is 12.1 Å². The van der Waals surface area contributed by atoms with E-state index in [9.17, 15) is 4.21 Å². The first-order valence-corrected chi connectivity index (χ1v) is 8.49. The van der Waals surface area contributed by atoms with Crippen molar-refractivity contribution >= 4 is 43.0 Å². The minimum Gasteiger partial charge on any atom is -0.382 e. The summed E-state index contributed by atoms with van der Waals surface area (Å²) < 4.78 is 10.8. The summed E-state index contributed by atoms with van der Waals surface area (Å²) in [4.78, 5) is 3.95. The predicted molar refractivity (Wildman–Crippen MR) is 79.4 cm³/mol. The number of hydrogen-bond donors (Lipinski definition) is 3. The maximum absolute atomic E-state index is 10.8. The molecule has 4 nitrogen and oxygen atoms in total. The summed E-state index contributed by atoms with van der Waals surface area (Å²) in [6.07, 6.45) is 4.23. The first-order chi connectivity index (χ1) is 7.70. The molecular weight excluding hydrogens is 261 g/mol. The van der Waals surface area contributed by atoms with Gasteiger partial charge in [-0.25, -0.2) is 4.98 Å². The van der Waals surface area contributed by atoms with Gasteiger partial charge in [0, 0.05) is 35.5 Å². The molecule has 1 aromatic heterocycles. The van der Waals surface area contributed by atoms with Crippen molar-refractivity contribution in [2.75, 3.05) is 29.6 Å². The van der Waals surface area contributed by atoms with Crippen molar-refractivity contribution in [2.24, 2.45) is 0 Å². The van der Waals surface area contributed by atoms with Crippen LogP contribution >= 0.6 is 20.7 Å². The molecule has 1 rings (SSSR count). The van der Waals surface area contributed by atoms with Gasteiger partial charge in [-0.15, -0.1) is 0 Å². The molecule has 0 saturated heterocycles. The van der Waals surface area contributed by atoms with E-state index >= 15 is 0 Å². The van der Waals surface area contributed by atoms with Gasteiger partial charge < -0.3 is 11.1 Å². The molecule has 3 N–H and O–H groups in total. The number of aromatic nitrogens is 1. The quantitative estimate of drug-likeness (QED) is 0.434. The van der Waals surface area contributed by atoms with Gasteiger partial charge in [0.1, 0.15) is 5.82 Å². The van der Waals surface area contributed by atoms with Gasteiger partial charge in [-0.1, -0.05) is 8.44 Å². The molecule has 2 atom stereocenters. The molecule has 7 heteroatoms. The van der Waals surface area contributed by atoms with E-state index in [-0.39, 0.29) is 0 Å². The Morgan fingerprint density at radius 3 is 2.88 bits per heavy atom. The summed E-state index contributed by atoms with van der Waals surface area (Å²) in [5.74, 6) is 1.22. The van der Waals surface area contributed by atoms with Crippen molar-refractivity contribution < 1.29 is 4.21 Å². The van der Waals surface area contributed by atoms with Crippen LogP contribution in [0.5, 0.6) is 0 Å². The van der Waals surface area contributed by atoms with Crippen LogP contribution in [0, 0.1) is 0 Å². The van der Waals surface area contributed by atoms with Gasteiger partial charge in [0.05, 0.1) is 5.69 Å². The smallest absolute Gasteiger partial charge is 0.146 e. The van der Waals surface area contributed by atoms with E-state index in [1.54, 1.807) is 12.5 Å². The summed E-state index contributed by atoms with van der Waals surface area (Å²) in [7, 11) is 1.40. The third kappa shape index (κ3) is 7.04. The molecule has 1 aromatic rings.